The summed E-state index contributed by atoms with van der Waals surface area (Å²) in [7, 11) is 0. The monoisotopic (exact) mass is 408 g/mol. The van der Waals surface area contributed by atoms with Gasteiger partial charge in [-0.15, -0.1) is 10.2 Å². The minimum atomic E-state index is -0.800. The minimum absolute atomic E-state index is 0.249. The fraction of sp³-hybridized carbons (Fsp3) is 0.316. The summed E-state index contributed by atoms with van der Waals surface area (Å²) in [5.74, 6) is 0.666. The second-order valence-corrected chi connectivity index (χ2v) is 7.16. The average Bonchev–Trinajstić information content (AvgIpc) is 3.46. The van der Waals surface area contributed by atoms with Crippen molar-refractivity contribution >= 4 is 16.9 Å². The Hall–Kier alpha value is -3.41. The van der Waals surface area contributed by atoms with Crippen molar-refractivity contribution in [2.45, 2.75) is 31.3 Å². The molecule has 1 aliphatic heterocycles. The molecule has 0 aliphatic carbocycles. The molecule has 3 aromatic heterocycles. The number of hydrogen-bond acceptors (Lipinski definition) is 9. The number of nitrogens with zero attached hydrogens (tertiary/aromatic N) is 7. The Balaban J connectivity index is 1.54. The Labute approximate surface area is 170 Å². The summed E-state index contributed by atoms with van der Waals surface area (Å²) in [6, 6.07) is 9.96. The van der Waals surface area contributed by atoms with E-state index < -0.39 is 18.4 Å². The number of rotatable bonds is 5. The molecule has 0 bridgehead atoms. The third-order valence-corrected chi connectivity index (χ3v) is 5.14. The molecule has 4 N–H and O–H groups in total. The van der Waals surface area contributed by atoms with Crippen LogP contribution in [-0.2, 0) is 11.2 Å². The van der Waals surface area contributed by atoms with Gasteiger partial charge in [0.25, 0.3) is 0 Å². The predicted molar refractivity (Wildman–Crippen MR) is 106 cm³/mol. The number of anilines is 1. The van der Waals surface area contributed by atoms with Crippen molar-refractivity contribution in [3.05, 3.63) is 54.1 Å². The molecular weight excluding hydrogens is 388 g/mol. The molecule has 1 aromatic carbocycles. The summed E-state index contributed by atoms with van der Waals surface area (Å²) in [5.41, 5.74) is 8.46. The molecule has 0 radical (unpaired) electrons. The van der Waals surface area contributed by atoms with Crippen LogP contribution in [0.4, 0.5) is 5.82 Å². The SMILES string of the molecule is Nc1ncnc2c1c(-n1cc(Cc3ccccc3)nn1)nn2[C@H]1C[C@H](O)[C@@H](CO)O1. The van der Waals surface area contributed by atoms with Crippen molar-refractivity contribution in [1.82, 2.24) is 34.7 Å². The highest BCUT2D eigenvalue weighted by atomic mass is 16.5. The van der Waals surface area contributed by atoms with Crippen LogP contribution in [-0.4, -0.2) is 63.8 Å². The molecule has 3 atom stereocenters. The number of fused-ring (bicyclic) bond motifs is 1. The van der Waals surface area contributed by atoms with E-state index in [-0.39, 0.29) is 18.8 Å². The Kier molecular flexibility index (Phi) is 4.62. The number of ether oxygens (including phenoxy) is 1. The van der Waals surface area contributed by atoms with E-state index in [1.54, 1.807) is 10.9 Å². The molecule has 0 saturated carbocycles. The number of nitrogen functional groups attached to an aromatic ring is 1. The minimum Gasteiger partial charge on any atom is -0.394 e. The van der Waals surface area contributed by atoms with Crippen molar-refractivity contribution in [3.63, 3.8) is 0 Å². The maximum absolute atomic E-state index is 10.1. The molecule has 11 heteroatoms. The van der Waals surface area contributed by atoms with Gasteiger partial charge in [0.15, 0.2) is 17.7 Å². The molecule has 154 valence electrons. The van der Waals surface area contributed by atoms with Crippen LogP contribution < -0.4 is 5.73 Å². The molecule has 1 saturated heterocycles. The lowest BCUT2D eigenvalue weighted by Gasteiger charge is -2.12. The van der Waals surface area contributed by atoms with Gasteiger partial charge in [-0.25, -0.2) is 14.6 Å². The third kappa shape index (κ3) is 3.18. The molecule has 11 nitrogen and oxygen atoms in total. The number of aliphatic hydroxyl groups excluding tert-OH is 2. The van der Waals surface area contributed by atoms with Crippen LogP contribution in [0.5, 0.6) is 0 Å². The van der Waals surface area contributed by atoms with Crippen molar-refractivity contribution in [2.24, 2.45) is 0 Å². The Morgan fingerprint density at radius 2 is 2.03 bits per heavy atom. The molecule has 4 aromatic rings. The zero-order valence-corrected chi connectivity index (χ0v) is 15.9. The predicted octanol–water partition coefficient (Wildman–Crippen LogP) is 0.221. The molecule has 0 spiro atoms. The number of aromatic nitrogens is 7. The number of hydrogen-bond donors (Lipinski definition) is 3. The standard InChI is InChI=1S/C19H20N8O3/c20-17-16-18(22-10-21-17)27(15-7-13(29)14(9-28)30-15)24-19(16)26-8-12(23-25-26)6-11-4-2-1-3-5-11/h1-5,8,10,13-15,28-29H,6-7,9H2,(H2,20,21,22)/t13-,14+,15+/m0/s1. The highest BCUT2D eigenvalue weighted by Gasteiger charge is 2.36. The summed E-state index contributed by atoms with van der Waals surface area (Å²) >= 11 is 0. The fourth-order valence-electron chi connectivity index (χ4n) is 3.65. The second-order valence-electron chi connectivity index (χ2n) is 7.16. The van der Waals surface area contributed by atoms with E-state index in [1.807, 2.05) is 30.3 Å². The first-order chi connectivity index (χ1) is 14.6. The van der Waals surface area contributed by atoms with E-state index in [0.29, 0.717) is 23.3 Å². The molecule has 30 heavy (non-hydrogen) atoms. The first kappa shape index (κ1) is 18.6. The van der Waals surface area contributed by atoms with Crippen LogP contribution >= 0.6 is 0 Å². The Bertz CT molecular complexity index is 1180. The van der Waals surface area contributed by atoms with Gasteiger partial charge in [0.05, 0.1) is 24.6 Å². The molecule has 1 fully saturated rings. The Morgan fingerprint density at radius 1 is 1.20 bits per heavy atom. The lowest BCUT2D eigenvalue weighted by molar-refractivity contribution is -0.0470. The van der Waals surface area contributed by atoms with E-state index in [1.165, 1.54) is 11.0 Å². The summed E-state index contributed by atoms with van der Waals surface area (Å²) in [6.45, 7) is -0.285. The molecule has 0 amide bonds. The van der Waals surface area contributed by atoms with E-state index in [2.05, 4.69) is 25.4 Å². The molecule has 1 aliphatic rings. The molecule has 5 rings (SSSR count). The zero-order chi connectivity index (χ0) is 20.7. The quantitative estimate of drug-likeness (QED) is 0.421. The number of nitrogens with two attached hydrogens (primary N) is 1. The highest BCUT2D eigenvalue weighted by molar-refractivity contribution is 5.92. The van der Waals surface area contributed by atoms with Gasteiger partial charge in [0.1, 0.15) is 23.6 Å². The van der Waals surface area contributed by atoms with E-state index in [0.717, 1.165) is 11.3 Å². The van der Waals surface area contributed by atoms with Gasteiger partial charge in [-0.3, -0.25) is 0 Å². The van der Waals surface area contributed by atoms with Gasteiger partial charge in [-0.2, -0.15) is 4.68 Å². The van der Waals surface area contributed by atoms with Gasteiger partial charge in [0, 0.05) is 12.8 Å². The summed E-state index contributed by atoms with van der Waals surface area (Å²) < 4.78 is 8.82. The third-order valence-electron chi connectivity index (χ3n) is 5.14. The van der Waals surface area contributed by atoms with Gasteiger partial charge in [-0.1, -0.05) is 35.5 Å². The Morgan fingerprint density at radius 3 is 2.80 bits per heavy atom. The van der Waals surface area contributed by atoms with Crippen LogP contribution in [0.25, 0.3) is 16.9 Å². The van der Waals surface area contributed by atoms with Crippen molar-refractivity contribution in [1.29, 1.82) is 0 Å². The normalized spacial score (nSPS) is 21.5. The summed E-state index contributed by atoms with van der Waals surface area (Å²) in [4.78, 5) is 8.38. The molecule has 4 heterocycles. The van der Waals surface area contributed by atoms with Crippen LogP contribution in [0, 0.1) is 0 Å². The number of benzene rings is 1. The van der Waals surface area contributed by atoms with Gasteiger partial charge in [-0.05, 0) is 5.56 Å². The lowest BCUT2D eigenvalue weighted by atomic mass is 10.1. The smallest absolute Gasteiger partial charge is 0.190 e. The lowest BCUT2D eigenvalue weighted by Crippen LogP contribution is -2.24. The van der Waals surface area contributed by atoms with E-state index >= 15 is 0 Å². The topological polar surface area (TPSA) is 150 Å². The van der Waals surface area contributed by atoms with Gasteiger partial charge >= 0.3 is 0 Å². The van der Waals surface area contributed by atoms with Crippen molar-refractivity contribution < 1.29 is 14.9 Å². The van der Waals surface area contributed by atoms with Crippen LogP contribution in [0.15, 0.2) is 42.9 Å². The van der Waals surface area contributed by atoms with Gasteiger partial charge < -0.3 is 20.7 Å². The maximum Gasteiger partial charge on any atom is 0.190 e. The maximum atomic E-state index is 10.1. The van der Waals surface area contributed by atoms with E-state index in [9.17, 15) is 10.2 Å². The summed E-state index contributed by atoms with van der Waals surface area (Å²) in [5, 5.41) is 33.1. The van der Waals surface area contributed by atoms with Crippen LogP contribution in [0.2, 0.25) is 0 Å². The highest BCUT2D eigenvalue weighted by Crippen LogP contribution is 2.33. The largest absolute Gasteiger partial charge is 0.394 e. The molecular formula is C19H20N8O3. The number of aliphatic hydroxyl groups is 2. The summed E-state index contributed by atoms with van der Waals surface area (Å²) in [6.07, 6.45) is 1.94. The van der Waals surface area contributed by atoms with Crippen molar-refractivity contribution in [2.75, 3.05) is 12.3 Å². The van der Waals surface area contributed by atoms with E-state index in [4.69, 9.17) is 10.5 Å². The fourth-order valence-corrected chi connectivity index (χ4v) is 3.65. The van der Waals surface area contributed by atoms with Crippen LogP contribution in [0.3, 0.4) is 0 Å². The second kappa shape index (κ2) is 7.44. The average molecular weight is 408 g/mol. The molecule has 0 unspecified atom stereocenters. The zero-order valence-electron chi connectivity index (χ0n) is 15.9. The van der Waals surface area contributed by atoms with Gasteiger partial charge in [0.2, 0.25) is 0 Å². The van der Waals surface area contributed by atoms with Crippen LogP contribution in [0.1, 0.15) is 23.9 Å². The first-order valence-corrected chi connectivity index (χ1v) is 9.52. The van der Waals surface area contributed by atoms with Crippen molar-refractivity contribution in [3.8, 4) is 5.82 Å². The first-order valence-electron chi connectivity index (χ1n) is 9.52.